The Morgan fingerprint density at radius 3 is 1.14 bits per heavy atom. The summed E-state index contributed by atoms with van der Waals surface area (Å²) in [4.78, 5) is 11.2. The maximum atomic E-state index is 13.7. The monoisotopic (exact) mass is 547 g/mol. The topological polar surface area (TPSA) is 38.7 Å². The number of nitrogens with zero attached hydrogens (tertiary/aromatic N) is 3. The summed E-state index contributed by atoms with van der Waals surface area (Å²) in [5.41, 5.74) is -8.93. The molecule has 37 heavy (non-hydrogen) atoms. The van der Waals surface area contributed by atoms with Crippen LogP contribution < -0.4 is 0 Å². The summed E-state index contributed by atoms with van der Waals surface area (Å²) in [5.74, 6) is -2.90. The fourth-order valence-electron chi connectivity index (χ4n) is 3.19. The van der Waals surface area contributed by atoms with Crippen molar-refractivity contribution < 1.29 is 52.7 Å². The van der Waals surface area contributed by atoms with E-state index in [1.165, 1.54) is 13.8 Å². The summed E-state index contributed by atoms with van der Waals surface area (Å²) >= 11 is 0. The third-order valence-corrected chi connectivity index (χ3v) is 4.96. The van der Waals surface area contributed by atoms with Crippen LogP contribution in [0.1, 0.15) is 47.8 Å². The van der Waals surface area contributed by atoms with Gasteiger partial charge >= 0.3 is 24.7 Å². The minimum atomic E-state index is -5.35. The first kappa shape index (κ1) is 28.2. The number of rotatable bonds is 3. The first-order valence-corrected chi connectivity index (χ1v) is 10.0. The molecule has 3 rings (SSSR count). The highest BCUT2D eigenvalue weighted by molar-refractivity contribution is 5.67. The molecule has 0 radical (unpaired) electrons. The molecule has 0 saturated heterocycles. The van der Waals surface area contributed by atoms with Gasteiger partial charge < -0.3 is 0 Å². The van der Waals surface area contributed by atoms with Gasteiger partial charge in [0.1, 0.15) is 5.82 Å². The van der Waals surface area contributed by atoms with E-state index in [2.05, 4.69) is 15.0 Å². The van der Waals surface area contributed by atoms with Crippen LogP contribution in [-0.4, -0.2) is 15.0 Å². The van der Waals surface area contributed by atoms with Gasteiger partial charge in [0.25, 0.3) is 0 Å². The number of halogens is 12. The van der Waals surface area contributed by atoms with E-state index in [1.54, 1.807) is 0 Å². The van der Waals surface area contributed by atoms with Crippen molar-refractivity contribution in [1.82, 2.24) is 15.0 Å². The molecule has 0 unspecified atom stereocenters. The lowest BCUT2D eigenvalue weighted by Gasteiger charge is -2.18. The van der Waals surface area contributed by atoms with Crippen LogP contribution in [0.15, 0.2) is 36.4 Å². The van der Waals surface area contributed by atoms with Gasteiger partial charge in [-0.15, -0.1) is 0 Å². The standard InChI is InChI=1S/C22H13F12N3/c1-9(2)16-35-17(12-5-3-10(19(23,24)25)7-14(12)21(29,30)31)37-18(36-16)13-6-4-11(20(26,27)28)8-15(13)22(32,33)34/h3-9H,1-2H3. The quantitative estimate of drug-likeness (QED) is 0.309. The summed E-state index contributed by atoms with van der Waals surface area (Å²) < 4.78 is 160. The maximum Gasteiger partial charge on any atom is 0.417 e. The molecule has 0 amide bonds. The average molecular weight is 547 g/mol. The van der Waals surface area contributed by atoms with E-state index >= 15 is 0 Å². The van der Waals surface area contributed by atoms with E-state index in [0.29, 0.717) is 24.3 Å². The van der Waals surface area contributed by atoms with Crippen molar-refractivity contribution >= 4 is 0 Å². The molecule has 0 aliphatic heterocycles. The molecule has 0 aliphatic rings. The number of hydrogen-bond donors (Lipinski definition) is 0. The Bertz CT molecular complexity index is 1210. The lowest BCUT2D eigenvalue weighted by Crippen LogP contribution is -2.15. The van der Waals surface area contributed by atoms with Crippen molar-refractivity contribution in [2.45, 2.75) is 44.5 Å². The molecule has 0 spiro atoms. The van der Waals surface area contributed by atoms with E-state index in [1.807, 2.05) is 0 Å². The number of aromatic nitrogens is 3. The molecule has 0 fully saturated rings. The van der Waals surface area contributed by atoms with Crippen LogP contribution in [-0.2, 0) is 24.7 Å². The number of alkyl halides is 12. The average Bonchev–Trinajstić information content (AvgIpc) is 2.75. The van der Waals surface area contributed by atoms with Crippen molar-refractivity contribution in [3.05, 3.63) is 64.5 Å². The fourth-order valence-corrected chi connectivity index (χ4v) is 3.19. The lowest BCUT2D eigenvalue weighted by molar-refractivity contribution is -0.144. The van der Waals surface area contributed by atoms with Crippen LogP contribution >= 0.6 is 0 Å². The fraction of sp³-hybridized carbons (Fsp3) is 0.318. The second-order valence-electron chi connectivity index (χ2n) is 8.01. The Morgan fingerprint density at radius 1 is 0.514 bits per heavy atom. The smallest absolute Gasteiger partial charge is 0.213 e. The second kappa shape index (κ2) is 9.17. The van der Waals surface area contributed by atoms with Gasteiger partial charge in [0.15, 0.2) is 11.6 Å². The van der Waals surface area contributed by atoms with Crippen LogP contribution in [0, 0.1) is 0 Å². The van der Waals surface area contributed by atoms with Crippen LogP contribution in [0.3, 0.4) is 0 Å². The van der Waals surface area contributed by atoms with E-state index in [4.69, 9.17) is 0 Å². The van der Waals surface area contributed by atoms with Crippen LogP contribution in [0.5, 0.6) is 0 Å². The Labute approximate surface area is 200 Å². The van der Waals surface area contributed by atoms with E-state index in [0.717, 1.165) is 0 Å². The molecule has 15 heteroatoms. The summed E-state index contributed by atoms with van der Waals surface area (Å²) in [6, 6.07) is 1.03. The van der Waals surface area contributed by atoms with Crippen molar-refractivity contribution in [2.75, 3.05) is 0 Å². The van der Waals surface area contributed by atoms with Crippen molar-refractivity contribution in [1.29, 1.82) is 0 Å². The zero-order chi connectivity index (χ0) is 28.1. The molecular formula is C22H13F12N3. The van der Waals surface area contributed by atoms with Crippen LogP contribution in [0.2, 0.25) is 0 Å². The van der Waals surface area contributed by atoms with Crippen LogP contribution in [0.25, 0.3) is 22.8 Å². The van der Waals surface area contributed by atoms with Crippen LogP contribution in [0.4, 0.5) is 52.7 Å². The maximum absolute atomic E-state index is 13.7. The van der Waals surface area contributed by atoms with Gasteiger partial charge in [0.05, 0.1) is 22.3 Å². The van der Waals surface area contributed by atoms with Crippen molar-refractivity contribution in [3.63, 3.8) is 0 Å². The highest BCUT2D eigenvalue weighted by Gasteiger charge is 2.41. The zero-order valence-electron chi connectivity index (χ0n) is 18.4. The molecule has 1 aromatic heterocycles. The number of benzene rings is 2. The first-order chi connectivity index (χ1) is 16.7. The summed E-state index contributed by atoms with van der Waals surface area (Å²) in [6.07, 6.45) is -21.0. The lowest BCUT2D eigenvalue weighted by atomic mass is 10.0. The molecule has 0 aliphatic carbocycles. The molecule has 1 heterocycles. The largest absolute Gasteiger partial charge is 0.417 e. The highest BCUT2D eigenvalue weighted by atomic mass is 19.4. The number of hydrogen-bond acceptors (Lipinski definition) is 3. The Balaban J connectivity index is 2.35. The van der Waals surface area contributed by atoms with Crippen molar-refractivity contribution in [3.8, 4) is 22.8 Å². The van der Waals surface area contributed by atoms with E-state index < -0.39 is 75.7 Å². The molecule has 200 valence electrons. The highest BCUT2D eigenvalue weighted by Crippen LogP contribution is 2.43. The van der Waals surface area contributed by atoms with E-state index in [-0.39, 0.29) is 18.0 Å². The Morgan fingerprint density at radius 2 is 0.865 bits per heavy atom. The van der Waals surface area contributed by atoms with Gasteiger partial charge in [-0.25, -0.2) is 15.0 Å². The third kappa shape index (κ3) is 6.13. The molecular weight excluding hydrogens is 534 g/mol. The summed E-state index contributed by atoms with van der Waals surface area (Å²) in [7, 11) is 0. The zero-order valence-corrected chi connectivity index (χ0v) is 18.4. The van der Waals surface area contributed by atoms with Gasteiger partial charge in [-0.1, -0.05) is 13.8 Å². The molecule has 0 atom stereocenters. The van der Waals surface area contributed by atoms with Gasteiger partial charge in [-0.2, -0.15) is 52.7 Å². The third-order valence-electron chi connectivity index (χ3n) is 4.96. The SMILES string of the molecule is CC(C)c1nc(-c2ccc(C(F)(F)F)cc2C(F)(F)F)nc(-c2ccc(C(F)(F)F)cc2C(F)(F)F)n1. The molecule has 0 saturated carbocycles. The molecule has 3 nitrogen and oxygen atoms in total. The van der Waals surface area contributed by atoms with Gasteiger partial charge in [0.2, 0.25) is 0 Å². The van der Waals surface area contributed by atoms with Gasteiger partial charge in [-0.3, -0.25) is 0 Å². The van der Waals surface area contributed by atoms with Gasteiger partial charge in [-0.05, 0) is 36.4 Å². The Hall–Kier alpha value is -3.39. The first-order valence-electron chi connectivity index (χ1n) is 10.0. The molecule has 0 N–H and O–H groups in total. The van der Waals surface area contributed by atoms with Crippen molar-refractivity contribution in [2.24, 2.45) is 0 Å². The predicted octanol–water partition coefficient (Wildman–Crippen LogP) is 8.40. The summed E-state index contributed by atoms with van der Waals surface area (Å²) in [6.45, 7) is 2.83. The minimum absolute atomic E-state index is 0.201. The molecule has 0 bridgehead atoms. The summed E-state index contributed by atoms with van der Waals surface area (Å²) in [5, 5.41) is 0. The molecule has 3 aromatic rings. The normalized spacial score (nSPS) is 13.4. The molecule has 2 aromatic carbocycles. The minimum Gasteiger partial charge on any atom is -0.213 e. The van der Waals surface area contributed by atoms with Gasteiger partial charge in [0, 0.05) is 17.0 Å². The predicted molar refractivity (Wildman–Crippen MR) is 105 cm³/mol. The van der Waals surface area contributed by atoms with E-state index in [9.17, 15) is 52.7 Å². The Kier molecular flexibility index (Phi) is 6.99. The second-order valence-corrected chi connectivity index (χ2v) is 8.01.